The Kier molecular flexibility index (Phi) is 4.12. The Morgan fingerprint density at radius 2 is 2.15 bits per heavy atom. The number of nitrogens with zero attached hydrogens (tertiary/aromatic N) is 4. The van der Waals surface area contributed by atoms with E-state index in [0.717, 1.165) is 0 Å². The molecule has 0 unspecified atom stereocenters. The smallest absolute Gasteiger partial charge is 0.328 e. The Labute approximate surface area is 117 Å². The lowest BCUT2D eigenvalue weighted by Crippen LogP contribution is -2.40. The summed E-state index contributed by atoms with van der Waals surface area (Å²) in [7, 11) is 0. The molecule has 0 bridgehead atoms. The molecule has 0 radical (unpaired) electrons. The van der Waals surface area contributed by atoms with E-state index in [2.05, 4.69) is 10.1 Å². The Bertz CT molecular complexity index is 613. The maximum absolute atomic E-state index is 12.5. The molecule has 9 heteroatoms. The molecule has 0 aromatic carbocycles. The van der Waals surface area contributed by atoms with Crippen LogP contribution in [0.2, 0.25) is 0 Å². The zero-order chi connectivity index (χ0) is 14.8. The second-order valence-corrected chi connectivity index (χ2v) is 4.37. The van der Waals surface area contributed by atoms with Gasteiger partial charge in [-0.15, -0.1) is 11.6 Å². The minimum Gasteiger partial charge on any atom is -0.328 e. The first-order valence-corrected chi connectivity index (χ1v) is 6.15. The molecule has 0 fully saturated rings. The molecular weight excluding hydrogens is 297 g/mol. The highest BCUT2D eigenvalue weighted by molar-refractivity contribution is 6.18. The third-order valence-corrected chi connectivity index (χ3v) is 2.74. The van der Waals surface area contributed by atoms with Gasteiger partial charge in [0.1, 0.15) is 6.54 Å². The lowest BCUT2D eigenvalue weighted by molar-refractivity contribution is -0.140. The van der Waals surface area contributed by atoms with E-state index in [1.54, 1.807) is 0 Å². The molecule has 0 aliphatic carbocycles. The molecule has 0 saturated carbocycles. The molecule has 108 valence electrons. The number of rotatable bonds is 4. The van der Waals surface area contributed by atoms with Gasteiger partial charge in [-0.1, -0.05) is 0 Å². The van der Waals surface area contributed by atoms with Crippen molar-refractivity contribution >= 4 is 23.0 Å². The summed E-state index contributed by atoms with van der Waals surface area (Å²) in [6.45, 7) is -1.55. The van der Waals surface area contributed by atoms with E-state index < -0.39 is 18.6 Å². The van der Waals surface area contributed by atoms with Crippen molar-refractivity contribution in [1.29, 1.82) is 0 Å². The fraction of sp³-hybridized carbons (Fsp3) is 0.364. The first-order chi connectivity index (χ1) is 9.42. The van der Waals surface area contributed by atoms with Crippen molar-refractivity contribution in [3.63, 3.8) is 0 Å². The normalized spacial score (nSPS) is 11.8. The average Bonchev–Trinajstić information content (AvgIpc) is 2.79. The minimum absolute atomic E-state index is 0.0625. The quantitative estimate of drug-likeness (QED) is 0.812. The summed E-state index contributed by atoms with van der Waals surface area (Å²) in [5.74, 6) is -0.856. The largest absolute Gasteiger partial charge is 0.406 e. The average molecular weight is 307 g/mol. The fourth-order valence-corrected chi connectivity index (χ4v) is 1.94. The zero-order valence-corrected chi connectivity index (χ0v) is 10.9. The highest BCUT2D eigenvalue weighted by Crippen LogP contribution is 2.19. The van der Waals surface area contributed by atoms with Crippen molar-refractivity contribution < 1.29 is 18.0 Å². The minimum atomic E-state index is -4.48. The topological polar surface area (TPSA) is 50.5 Å². The Hall–Kier alpha value is -1.83. The van der Waals surface area contributed by atoms with E-state index in [0.29, 0.717) is 10.4 Å². The molecular formula is C11H10ClF3N4O. The molecule has 2 rings (SSSR count). The molecule has 0 aliphatic heterocycles. The lowest BCUT2D eigenvalue weighted by atomic mass is 10.2. The van der Waals surface area contributed by atoms with Crippen LogP contribution in [0.4, 0.5) is 13.2 Å². The van der Waals surface area contributed by atoms with Crippen LogP contribution in [0.3, 0.4) is 0 Å². The number of halogens is 4. The first kappa shape index (κ1) is 14.6. The molecule has 0 saturated heterocycles. The first-order valence-electron chi connectivity index (χ1n) is 5.62. The van der Waals surface area contributed by atoms with Gasteiger partial charge in [0.2, 0.25) is 0 Å². The third-order valence-electron chi connectivity index (χ3n) is 2.57. The summed E-state index contributed by atoms with van der Waals surface area (Å²) in [5.41, 5.74) is 0.409. The van der Waals surface area contributed by atoms with Crippen LogP contribution in [-0.2, 0) is 0 Å². The van der Waals surface area contributed by atoms with Crippen LogP contribution < -0.4 is 0 Å². The molecule has 2 heterocycles. The van der Waals surface area contributed by atoms with E-state index in [1.807, 2.05) is 0 Å². The van der Waals surface area contributed by atoms with Gasteiger partial charge in [-0.05, 0) is 0 Å². The van der Waals surface area contributed by atoms with Crippen molar-refractivity contribution in [1.82, 2.24) is 19.5 Å². The molecule has 1 amide bonds. The van der Waals surface area contributed by atoms with Crippen LogP contribution >= 0.6 is 11.6 Å². The summed E-state index contributed by atoms with van der Waals surface area (Å²) in [6.07, 6.45) is 1.06. The second-order valence-electron chi connectivity index (χ2n) is 4.00. The predicted octanol–water partition coefficient (Wildman–Crippen LogP) is 1.97. The number of hydrogen-bond donors (Lipinski definition) is 0. The summed E-state index contributed by atoms with van der Waals surface area (Å²) in [5, 5.41) is 3.89. The highest BCUT2D eigenvalue weighted by Gasteiger charge is 2.33. The molecule has 0 spiro atoms. The number of carbonyl (C=O) groups is 1. The summed E-state index contributed by atoms with van der Waals surface area (Å²) < 4.78 is 38.8. The predicted molar refractivity (Wildman–Crippen MR) is 65.7 cm³/mol. The van der Waals surface area contributed by atoms with Gasteiger partial charge in [-0.2, -0.15) is 18.3 Å². The van der Waals surface area contributed by atoms with Crippen molar-refractivity contribution in [2.75, 3.05) is 19.0 Å². The van der Waals surface area contributed by atoms with Gasteiger partial charge in [-0.25, -0.2) is 4.52 Å². The summed E-state index contributed by atoms with van der Waals surface area (Å²) in [4.78, 5) is 16.7. The van der Waals surface area contributed by atoms with Crippen LogP contribution in [0.5, 0.6) is 0 Å². The van der Waals surface area contributed by atoms with Crippen LogP contribution in [-0.4, -0.2) is 50.6 Å². The van der Waals surface area contributed by atoms with Crippen LogP contribution in [0.15, 0.2) is 24.8 Å². The standard InChI is InChI=1S/C11H10ClF3N4O/c12-1-3-18(7-11(13,14)15)10(20)8-5-17-19-4-2-16-6-9(8)19/h2,4-6H,1,3,7H2. The van der Waals surface area contributed by atoms with Gasteiger partial charge in [-0.3, -0.25) is 9.78 Å². The highest BCUT2D eigenvalue weighted by atomic mass is 35.5. The fourth-order valence-electron chi connectivity index (χ4n) is 1.74. The number of hydrogen-bond acceptors (Lipinski definition) is 3. The van der Waals surface area contributed by atoms with Gasteiger partial charge < -0.3 is 4.90 Å². The van der Waals surface area contributed by atoms with Crippen LogP contribution in [0, 0.1) is 0 Å². The number of carbonyl (C=O) groups excluding carboxylic acids is 1. The number of alkyl halides is 4. The Morgan fingerprint density at radius 1 is 1.40 bits per heavy atom. The van der Waals surface area contributed by atoms with E-state index in [4.69, 9.17) is 11.6 Å². The Morgan fingerprint density at radius 3 is 2.80 bits per heavy atom. The van der Waals surface area contributed by atoms with E-state index in [1.165, 1.54) is 29.3 Å². The number of fused-ring (bicyclic) bond motifs is 1. The van der Waals surface area contributed by atoms with Gasteiger partial charge in [0.15, 0.2) is 0 Å². The summed E-state index contributed by atoms with van der Waals surface area (Å²) in [6, 6.07) is 0. The van der Waals surface area contributed by atoms with Crippen molar-refractivity contribution in [2.24, 2.45) is 0 Å². The lowest BCUT2D eigenvalue weighted by Gasteiger charge is -2.22. The zero-order valence-electron chi connectivity index (χ0n) is 10.1. The molecule has 20 heavy (non-hydrogen) atoms. The monoisotopic (exact) mass is 306 g/mol. The van der Waals surface area contributed by atoms with Crippen LogP contribution in [0.1, 0.15) is 10.4 Å². The summed E-state index contributed by atoms with van der Waals surface area (Å²) >= 11 is 5.45. The van der Waals surface area contributed by atoms with Crippen molar-refractivity contribution in [2.45, 2.75) is 6.18 Å². The molecule has 5 nitrogen and oxygen atoms in total. The molecule has 0 N–H and O–H groups in total. The Balaban J connectivity index is 2.31. The molecule has 2 aromatic rings. The maximum atomic E-state index is 12.5. The maximum Gasteiger partial charge on any atom is 0.406 e. The number of amides is 1. The third kappa shape index (κ3) is 3.19. The van der Waals surface area contributed by atoms with Gasteiger partial charge in [0.25, 0.3) is 5.91 Å². The molecule has 2 aromatic heterocycles. The molecule has 0 aliphatic rings. The van der Waals surface area contributed by atoms with E-state index in [9.17, 15) is 18.0 Å². The van der Waals surface area contributed by atoms with Crippen molar-refractivity contribution in [3.05, 3.63) is 30.4 Å². The SMILES string of the molecule is O=C(c1cnn2ccncc12)N(CCCl)CC(F)(F)F. The molecule has 0 atom stereocenters. The van der Waals surface area contributed by atoms with Gasteiger partial charge in [0, 0.05) is 24.8 Å². The van der Waals surface area contributed by atoms with Gasteiger partial charge >= 0.3 is 6.18 Å². The van der Waals surface area contributed by atoms with Crippen molar-refractivity contribution in [3.8, 4) is 0 Å². The second kappa shape index (κ2) is 5.66. The van der Waals surface area contributed by atoms with E-state index in [-0.39, 0.29) is 18.0 Å². The van der Waals surface area contributed by atoms with Gasteiger partial charge in [0.05, 0.1) is 23.5 Å². The number of aromatic nitrogens is 3. The van der Waals surface area contributed by atoms with E-state index >= 15 is 0 Å². The van der Waals surface area contributed by atoms with Crippen LogP contribution in [0.25, 0.3) is 5.52 Å².